The van der Waals surface area contributed by atoms with Crippen LogP contribution in [0.15, 0.2) is 62.9 Å². The zero-order valence-corrected chi connectivity index (χ0v) is 16.8. The number of sulfone groups is 1. The van der Waals surface area contributed by atoms with Crippen molar-refractivity contribution in [3.8, 4) is 0 Å². The van der Waals surface area contributed by atoms with Gasteiger partial charge in [-0.2, -0.15) is 0 Å². The molecule has 1 N–H and O–H groups in total. The molecule has 2 heterocycles. The lowest BCUT2D eigenvalue weighted by molar-refractivity contribution is 0.145. The van der Waals surface area contributed by atoms with E-state index in [4.69, 9.17) is 0 Å². The predicted molar refractivity (Wildman–Crippen MR) is 107 cm³/mol. The van der Waals surface area contributed by atoms with Gasteiger partial charge in [-0.05, 0) is 49.2 Å². The Morgan fingerprint density at radius 1 is 0.963 bits per heavy atom. The van der Waals surface area contributed by atoms with E-state index < -0.39 is 9.84 Å². The molecule has 0 atom stereocenters. The predicted octanol–water partition coefficient (Wildman–Crippen LogP) is 3.19. The van der Waals surface area contributed by atoms with Gasteiger partial charge >= 0.3 is 0 Å². The highest BCUT2D eigenvalue weighted by molar-refractivity contribution is 9.10. The van der Waals surface area contributed by atoms with Gasteiger partial charge in [0.15, 0.2) is 5.82 Å². The summed E-state index contributed by atoms with van der Waals surface area (Å²) < 4.78 is 27.4. The van der Waals surface area contributed by atoms with Crippen molar-refractivity contribution in [2.24, 2.45) is 0 Å². The minimum Gasteiger partial charge on any atom is -0.393 e. The number of nitrogens with zero attached hydrogens (tertiary/aromatic N) is 3. The number of aliphatic hydroxyl groups excluding tert-OH is 1. The summed E-state index contributed by atoms with van der Waals surface area (Å²) in [7, 11) is -3.84. The molecular weight excluding hydrogens is 430 g/mol. The Balaban J connectivity index is 1.89. The first-order valence-corrected chi connectivity index (χ1v) is 10.9. The van der Waals surface area contributed by atoms with E-state index in [9.17, 15) is 13.5 Å². The van der Waals surface area contributed by atoms with Crippen molar-refractivity contribution >= 4 is 42.6 Å². The molecule has 8 heteroatoms. The van der Waals surface area contributed by atoms with E-state index in [2.05, 4.69) is 25.9 Å². The van der Waals surface area contributed by atoms with E-state index in [0.29, 0.717) is 42.8 Å². The minimum absolute atomic E-state index is 0.0417. The Morgan fingerprint density at radius 3 is 2.19 bits per heavy atom. The van der Waals surface area contributed by atoms with Gasteiger partial charge in [-0.15, -0.1) is 0 Å². The van der Waals surface area contributed by atoms with E-state index in [1.165, 1.54) is 0 Å². The molecule has 1 fully saturated rings. The molecule has 1 aliphatic heterocycles. The van der Waals surface area contributed by atoms with Gasteiger partial charge in [-0.25, -0.2) is 18.4 Å². The summed E-state index contributed by atoms with van der Waals surface area (Å²) in [6, 6.07) is 13.7. The van der Waals surface area contributed by atoms with Crippen molar-refractivity contribution in [1.29, 1.82) is 0 Å². The van der Waals surface area contributed by atoms with Gasteiger partial charge in [-0.1, -0.05) is 28.1 Å². The van der Waals surface area contributed by atoms with Crippen LogP contribution in [0.5, 0.6) is 0 Å². The SMILES string of the molecule is O=S(=O)(c1ccc(Br)cc1)c1nc2ccccc2nc1N1CCC(O)CC1. The quantitative estimate of drug-likeness (QED) is 0.663. The lowest BCUT2D eigenvalue weighted by atomic mass is 10.1. The molecule has 1 aliphatic rings. The maximum atomic E-state index is 13.3. The van der Waals surface area contributed by atoms with Gasteiger partial charge in [-0.3, -0.25) is 0 Å². The molecule has 0 radical (unpaired) electrons. The first-order chi connectivity index (χ1) is 12.9. The summed E-state index contributed by atoms with van der Waals surface area (Å²) in [5, 5.41) is 9.75. The van der Waals surface area contributed by atoms with Crippen molar-refractivity contribution in [3.63, 3.8) is 0 Å². The van der Waals surface area contributed by atoms with Crippen molar-refractivity contribution in [2.75, 3.05) is 18.0 Å². The fourth-order valence-corrected chi connectivity index (χ4v) is 4.78. The third-order valence-electron chi connectivity index (χ3n) is 4.66. The van der Waals surface area contributed by atoms with Gasteiger partial charge in [0.05, 0.1) is 22.0 Å². The number of fused-ring (bicyclic) bond motifs is 1. The largest absolute Gasteiger partial charge is 0.393 e. The van der Waals surface area contributed by atoms with Gasteiger partial charge in [0, 0.05) is 17.6 Å². The second-order valence-corrected chi connectivity index (χ2v) is 9.30. The number of halogens is 1. The van der Waals surface area contributed by atoms with Gasteiger partial charge in [0.25, 0.3) is 0 Å². The lowest BCUT2D eigenvalue weighted by Gasteiger charge is -2.31. The molecule has 0 spiro atoms. The highest BCUT2D eigenvalue weighted by Gasteiger charge is 2.29. The molecule has 1 saturated heterocycles. The highest BCUT2D eigenvalue weighted by atomic mass is 79.9. The zero-order chi connectivity index (χ0) is 19.0. The average molecular weight is 448 g/mol. The fraction of sp³-hybridized carbons (Fsp3) is 0.263. The van der Waals surface area contributed by atoms with E-state index in [1.54, 1.807) is 30.3 Å². The number of hydrogen-bond acceptors (Lipinski definition) is 6. The summed E-state index contributed by atoms with van der Waals surface area (Å²) >= 11 is 3.33. The molecule has 0 aliphatic carbocycles. The van der Waals surface area contributed by atoms with Gasteiger partial charge in [0.2, 0.25) is 14.9 Å². The molecule has 0 unspecified atom stereocenters. The summed E-state index contributed by atoms with van der Waals surface area (Å²) in [6.07, 6.45) is 0.791. The minimum atomic E-state index is -3.84. The summed E-state index contributed by atoms with van der Waals surface area (Å²) in [4.78, 5) is 11.2. The maximum absolute atomic E-state index is 13.3. The number of aromatic nitrogens is 2. The van der Waals surface area contributed by atoms with Crippen LogP contribution in [0, 0.1) is 0 Å². The smallest absolute Gasteiger partial charge is 0.227 e. The monoisotopic (exact) mass is 447 g/mol. The molecule has 0 saturated carbocycles. The van der Waals surface area contributed by atoms with E-state index in [1.807, 2.05) is 23.1 Å². The second kappa shape index (κ2) is 7.18. The molecule has 2 aromatic carbocycles. The Bertz CT molecular complexity index is 1080. The first-order valence-electron chi connectivity index (χ1n) is 8.65. The molecule has 27 heavy (non-hydrogen) atoms. The standard InChI is InChI=1S/C19H18BrN3O3S/c20-13-5-7-15(8-6-13)27(25,26)19-18(23-11-9-14(24)10-12-23)21-16-3-1-2-4-17(16)22-19/h1-8,14,24H,9-12H2. The molecule has 140 valence electrons. The van der Waals surface area contributed by atoms with Crippen LogP contribution >= 0.6 is 15.9 Å². The normalized spacial score (nSPS) is 16.0. The number of benzene rings is 2. The Labute approximate surface area is 165 Å². The molecule has 4 rings (SSSR count). The topological polar surface area (TPSA) is 83.4 Å². The van der Waals surface area contributed by atoms with Crippen LogP contribution in [-0.2, 0) is 9.84 Å². The van der Waals surface area contributed by atoms with E-state index in [0.717, 1.165) is 4.47 Å². The van der Waals surface area contributed by atoms with Crippen LogP contribution in [0.4, 0.5) is 5.82 Å². The van der Waals surface area contributed by atoms with Crippen molar-refractivity contribution < 1.29 is 13.5 Å². The number of aliphatic hydroxyl groups is 1. The molecule has 0 bridgehead atoms. The second-order valence-electron chi connectivity index (χ2n) is 6.52. The average Bonchev–Trinajstić information content (AvgIpc) is 2.68. The number of piperidine rings is 1. The van der Waals surface area contributed by atoms with Crippen LogP contribution in [0.3, 0.4) is 0 Å². The highest BCUT2D eigenvalue weighted by Crippen LogP contribution is 2.31. The number of hydrogen-bond donors (Lipinski definition) is 1. The zero-order valence-electron chi connectivity index (χ0n) is 14.4. The number of rotatable bonds is 3. The Morgan fingerprint density at radius 2 is 1.56 bits per heavy atom. The van der Waals surface area contributed by atoms with Crippen molar-refractivity contribution in [3.05, 3.63) is 53.0 Å². The molecule has 0 amide bonds. The van der Waals surface area contributed by atoms with Crippen molar-refractivity contribution in [1.82, 2.24) is 9.97 Å². The Kier molecular flexibility index (Phi) is 4.88. The molecule has 3 aromatic rings. The molecule has 6 nitrogen and oxygen atoms in total. The van der Waals surface area contributed by atoms with Crippen LogP contribution in [-0.4, -0.2) is 42.7 Å². The number of anilines is 1. The maximum Gasteiger partial charge on any atom is 0.227 e. The lowest BCUT2D eigenvalue weighted by Crippen LogP contribution is -2.37. The van der Waals surface area contributed by atoms with Gasteiger partial charge in [0.1, 0.15) is 0 Å². The van der Waals surface area contributed by atoms with Crippen LogP contribution in [0.25, 0.3) is 11.0 Å². The van der Waals surface area contributed by atoms with Crippen LogP contribution in [0.1, 0.15) is 12.8 Å². The fourth-order valence-electron chi connectivity index (χ4n) is 3.16. The van der Waals surface area contributed by atoms with Crippen LogP contribution in [0.2, 0.25) is 0 Å². The molecule has 1 aromatic heterocycles. The molecular formula is C19H18BrN3O3S. The van der Waals surface area contributed by atoms with Gasteiger partial charge < -0.3 is 10.0 Å². The number of para-hydroxylation sites is 2. The summed E-state index contributed by atoms with van der Waals surface area (Å²) in [5.41, 5.74) is 1.18. The van der Waals surface area contributed by atoms with Crippen molar-refractivity contribution in [2.45, 2.75) is 28.9 Å². The summed E-state index contributed by atoms with van der Waals surface area (Å²) in [6.45, 7) is 1.08. The van der Waals surface area contributed by atoms with Crippen LogP contribution < -0.4 is 4.90 Å². The summed E-state index contributed by atoms with van der Waals surface area (Å²) in [5.74, 6) is 0.350. The van der Waals surface area contributed by atoms with E-state index in [-0.39, 0.29) is 16.0 Å². The Hall–Kier alpha value is -2.03. The first kappa shape index (κ1) is 18.3. The van der Waals surface area contributed by atoms with E-state index >= 15 is 0 Å². The third-order valence-corrected chi connectivity index (χ3v) is 6.87. The third kappa shape index (κ3) is 3.56.